The van der Waals surface area contributed by atoms with Crippen LogP contribution in [0.1, 0.15) is 76.5 Å². The van der Waals surface area contributed by atoms with Crippen molar-refractivity contribution < 1.29 is 23.9 Å². The van der Waals surface area contributed by atoms with E-state index in [4.69, 9.17) is 4.74 Å². The zero-order valence-corrected chi connectivity index (χ0v) is 19.3. The molecule has 178 valence electrons. The van der Waals surface area contributed by atoms with Crippen LogP contribution in [0.4, 0.5) is 5.69 Å². The molecular formula is C26H29N3O5. The van der Waals surface area contributed by atoms with Crippen molar-refractivity contribution in [1.29, 1.82) is 0 Å². The minimum absolute atomic E-state index is 0.0760. The van der Waals surface area contributed by atoms with E-state index < -0.39 is 17.7 Å². The van der Waals surface area contributed by atoms with Crippen LogP contribution in [0.15, 0.2) is 42.5 Å². The lowest BCUT2D eigenvalue weighted by atomic mass is 9.95. The van der Waals surface area contributed by atoms with E-state index in [2.05, 4.69) is 10.6 Å². The normalized spacial score (nSPS) is 15.7. The van der Waals surface area contributed by atoms with Crippen molar-refractivity contribution in [2.24, 2.45) is 0 Å². The molecule has 2 aromatic carbocycles. The van der Waals surface area contributed by atoms with Gasteiger partial charge in [-0.2, -0.15) is 0 Å². The van der Waals surface area contributed by atoms with Gasteiger partial charge in [0, 0.05) is 24.6 Å². The molecule has 4 amide bonds. The first-order chi connectivity index (χ1) is 16.5. The molecule has 0 atom stereocenters. The van der Waals surface area contributed by atoms with E-state index >= 15 is 0 Å². The van der Waals surface area contributed by atoms with Crippen molar-refractivity contribution in [3.63, 3.8) is 0 Å². The Labute approximate surface area is 198 Å². The van der Waals surface area contributed by atoms with Gasteiger partial charge in [0.05, 0.1) is 23.4 Å². The van der Waals surface area contributed by atoms with Gasteiger partial charge in [0.15, 0.2) is 0 Å². The summed E-state index contributed by atoms with van der Waals surface area (Å²) >= 11 is 0. The van der Waals surface area contributed by atoms with E-state index in [-0.39, 0.29) is 41.6 Å². The third-order valence-electron chi connectivity index (χ3n) is 6.16. The third-order valence-corrected chi connectivity index (χ3v) is 6.16. The van der Waals surface area contributed by atoms with Gasteiger partial charge in [0.2, 0.25) is 5.91 Å². The second-order valence-electron chi connectivity index (χ2n) is 8.54. The van der Waals surface area contributed by atoms with Gasteiger partial charge in [-0.1, -0.05) is 19.3 Å². The summed E-state index contributed by atoms with van der Waals surface area (Å²) in [6.45, 7) is 2.58. The van der Waals surface area contributed by atoms with Gasteiger partial charge in [-0.3, -0.25) is 19.2 Å². The summed E-state index contributed by atoms with van der Waals surface area (Å²) in [4.78, 5) is 51.6. The van der Waals surface area contributed by atoms with Gasteiger partial charge < -0.3 is 15.4 Å². The standard InChI is InChI=1S/C26H29N3O5/c1-2-34-20-11-9-19(10-12-20)29-25(32)21-13-8-17(16-22(21)26(29)33)24(31)27-15-14-23(30)28-18-6-4-3-5-7-18/h8-13,16,18H,2-7,14-15H2,1H3,(H,27,31)(H,28,30). The van der Waals surface area contributed by atoms with Crippen molar-refractivity contribution in [1.82, 2.24) is 10.6 Å². The molecule has 2 aromatic rings. The molecule has 1 aliphatic carbocycles. The molecule has 0 unspecified atom stereocenters. The maximum Gasteiger partial charge on any atom is 0.266 e. The number of carbonyl (C=O) groups is 4. The largest absolute Gasteiger partial charge is 0.494 e. The molecule has 8 heteroatoms. The van der Waals surface area contributed by atoms with Gasteiger partial charge >= 0.3 is 0 Å². The molecule has 0 bridgehead atoms. The van der Waals surface area contributed by atoms with E-state index in [1.165, 1.54) is 24.6 Å². The van der Waals surface area contributed by atoms with Crippen LogP contribution in [-0.4, -0.2) is 42.8 Å². The molecule has 34 heavy (non-hydrogen) atoms. The number of benzene rings is 2. The summed E-state index contributed by atoms with van der Waals surface area (Å²) in [5.74, 6) is -0.739. The maximum atomic E-state index is 13.0. The average molecular weight is 464 g/mol. The highest BCUT2D eigenvalue weighted by atomic mass is 16.5. The predicted molar refractivity (Wildman–Crippen MR) is 127 cm³/mol. The van der Waals surface area contributed by atoms with Crippen LogP contribution in [0.25, 0.3) is 0 Å². The summed E-state index contributed by atoms with van der Waals surface area (Å²) in [6, 6.07) is 11.4. The Morgan fingerprint density at radius 1 is 0.971 bits per heavy atom. The summed E-state index contributed by atoms with van der Waals surface area (Å²) < 4.78 is 5.41. The fourth-order valence-corrected chi connectivity index (χ4v) is 4.41. The number of anilines is 1. The van der Waals surface area contributed by atoms with Crippen LogP contribution in [-0.2, 0) is 4.79 Å². The predicted octanol–water partition coefficient (Wildman–Crippen LogP) is 3.45. The van der Waals surface area contributed by atoms with Gasteiger partial charge in [0.1, 0.15) is 5.75 Å². The monoisotopic (exact) mass is 463 g/mol. The highest BCUT2D eigenvalue weighted by molar-refractivity contribution is 6.34. The molecule has 0 radical (unpaired) electrons. The van der Waals surface area contributed by atoms with E-state index in [1.54, 1.807) is 24.3 Å². The number of nitrogens with zero attached hydrogens (tertiary/aromatic N) is 1. The summed E-state index contributed by atoms with van der Waals surface area (Å²) in [5, 5.41) is 5.74. The maximum absolute atomic E-state index is 13.0. The first-order valence-electron chi connectivity index (χ1n) is 11.8. The molecule has 0 saturated heterocycles. The lowest BCUT2D eigenvalue weighted by molar-refractivity contribution is -0.121. The molecule has 1 fully saturated rings. The van der Waals surface area contributed by atoms with Crippen LogP contribution in [0.5, 0.6) is 5.75 Å². The van der Waals surface area contributed by atoms with Crippen LogP contribution in [0.3, 0.4) is 0 Å². The highest BCUT2D eigenvalue weighted by Crippen LogP contribution is 2.30. The Hall–Kier alpha value is -3.68. The number of fused-ring (bicyclic) bond motifs is 1. The first-order valence-corrected chi connectivity index (χ1v) is 11.8. The number of hydrogen-bond donors (Lipinski definition) is 2. The van der Waals surface area contributed by atoms with Gasteiger partial charge in [-0.05, 0) is 62.2 Å². The Kier molecular flexibility index (Phi) is 7.25. The van der Waals surface area contributed by atoms with Gasteiger partial charge in [-0.25, -0.2) is 4.90 Å². The molecule has 4 rings (SSSR count). The quantitative estimate of drug-likeness (QED) is 0.584. The van der Waals surface area contributed by atoms with Crippen LogP contribution in [0.2, 0.25) is 0 Å². The number of rotatable bonds is 8. The number of ether oxygens (including phenoxy) is 1. The lowest BCUT2D eigenvalue weighted by Gasteiger charge is -2.22. The minimum Gasteiger partial charge on any atom is -0.494 e. The van der Waals surface area contributed by atoms with Crippen molar-refractivity contribution in [3.05, 3.63) is 59.2 Å². The Morgan fingerprint density at radius 2 is 1.68 bits per heavy atom. The fourth-order valence-electron chi connectivity index (χ4n) is 4.41. The van der Waals surface area contributed by atoms with Gasteiger partial charge in [0.25, 0.3) is 17.7 Å². The molecule has 2 N–H and O–H groups in total. The van der Waals surface area contributed by atoms with E-state index in [1.807, 2.05) is 6.92 Å². The smallest absolute Gasteiger partial charge is 0.266 e. The molecule has 0 aromatic heterocycles. The third kappa shape index (κ3) is 5.11. The van der Waals surface area contributed by atoms with E-state index in [0.29, 0.717) is 18.0 Å². The summed E-state index contributed by atoms with van der Waals surface area (Å²) in [6.07, 6.45) is 5.70. The van der Waals surface area contributed by atoms with Crippen molar-refractivity contribution in [3.8, 4) is 5.75 Å². The number of imide groups is 1. The first kappa shape index (κ1) is 23.5. The SMILES string of the molecule is CCOc1ccc(N2C(=O)c3ccc(C(=O)NCCC(=O)NC4CCCCC4)cc3C2=O)cc1. The lowest BCUT2D eigenvalue weighted by Crippen LogP contribution is -2.38. The molecule has 8 nitrogen and oxygen atoms in total. The van der Waals surface area contributed by atoms with E-state index in [0.717, 1.165) is 30.6 Å². The van der Waals surface area contributed by atoms with Crippen LogP contribution < -0.4 is 20.3 Å². The summed E-state index contributed by atoms with van der Waals surface area (Å²) in [5.41, 5.74) is 1.13. The topological polar surface area (TPSA) is 105 Å². The second kappa shape index (κ2) is 10.5. The molecule has 1 heterocycles. The molecule has 0 spiro atoms. The molecule has 1 aliphatic heterocycles. The molecular weight excluding hydrogens is 434 g/mol. The van der Waals surface area contributed by atoms with E-state index in [9.17, 15) is 19.2 Å². The van der Waals surface area contributed by atoms with Crippen molar-refractivity contribution in [2.75, 3.05) is 18.1 Å². The van der Waals surface area contributed by atoms with Crippen LogP contribution >= 0.6 is 0 Å². The zero-order valence-electron chi connectivity index (χ0n) is 19.3. The average Bonchev–Trinajstić information content (AvgIpc) is 3.10. The number of amides is 4. The molecule has 1 saturated carbocycles. The second-order valence-corrected chi connectivity index (χ2v) is 8.54. The number of hydrogen-bond acceptors (Lipinski definition) is 5. The Balaban J connectivity index is 1.36. The Bertz CT molecular complexity index is 1090. The fraction of sp³-hybridized carbons (Fsp3) is 0.385. The van der Waals surface area contributed by atoms with Gasteiger partial charge in [-0.15, -0.1) is 0 Å². The zero-order chi connectivity index (χ0) is 24.1. The van der Waals surface area contributed by atoms with Crippen molar-refractivity contribution in [2.45, 2.75) is 51.5 Å². The highest BCUT2D eigenvalue weighted by Gasteiger charge is 2.37. The van der Waals surface area contributed by atoms with Crippen LogP contribution in [0, 0.1) is 0 Å². The molecule has 2 aliphatic rings. The van der Waals surface area contributed by atoms with Crippen molar-refractivity contribution >= 4 is 29.3 Å². The minimum atomic E-state index is -0.481. The Morgan fingerprint density at radius 3 is 2.38 bits per heavy atom. The number of carbonyl (C=O) groups excluding carboxylic acids is 4. The summed E-state index contributed by atoms with van der Waals surface area (Å²) in [7, 11) is 0. The number of nitrogens with one attached hydrogen (secondary N) is 2.